The van der Waals surface area contributed by atoms with Gasteiger partial charge in [-0.05, 0) is 66.9 Å². The number of aromatic nitrogens is 5. The number of carbonyl (C=O) groups is 1. The number of benzene rings is 1. The van der Waals surface area contributed by atoms with E-state index in [1.165, 1.54) is 11.8 Å². The largest absolute Gasteiger partial charge is 0.494 e. The zero-order valence-corrected chi connectivity index (χ0v) is 19.4. The second kappa shape index (κ2) is 9.01. The van der Waals surface area contributed by atoms with Crippen LogP contribution in [0.5, 0.6) is 5.75 Å². The van der Waals surface area contributed by atoms with Gasteiger partial charge in [-0.1, -0.05) is 17.8 Å². The van der Waals surface area contributed by atoms with Gasteiger partial charge in [-0.25, -0.2) is 0 Å². The molecule has 9 nitrogen and oxygen atoms in total. The van der Waals surface area contributed by atoms with Crippen LogP contribution in [-0.2, 0) is 11.3 Å². The van der Waals surface area contributed by atoms with Gasteiger partial charge in [0.1, 0.15) is 5.75 Å². The van der Waals surface area contributed by atoms with Gasteiger partial charge < -0.3 is 14.2 Å². The monoisotopic (exact) mass is 466 g/mol. The maximum absolute atomic E-state index is 13.3. The number of ether oxygens (including phenoxy) is 1. The van der Waals surface area contributed by atoms with Crippen LogP contribution in [0, 0.1) is 5.92 Å². The highest BCUT2D eigenvalue weighted by molar-refractivity contribution is 8.00. The Morgan fingerprint density at radius 3 is 2.79 bits per heavy atom. The predicted molar refractivity (Wildman–Crippen MR) is 124 cm³/mol. The van der Waals surface area contributed by atoms with Crippen molar-refractivity contribution >= 4 is 17.7 Å². The minimum Gasteiger partial charge on any atom is -0.494 e. The number of tetrazole rings is 1. The number of likely N-dealkylation sites (tertiary alicyclic amines) is 1. The van der Waals surface area contributed by atoms with Crippen molar-refractivity contribution in [2.75, 3.05) is 19.7 Å². The van der Waals surface area contributed by atoms with E-state index in [9.17, 15) is 9.59 Å². The van der Waals surface area contributed by atoms with Crippen molar-refractivity contribution < 1.29 is 9.53 Å². The van der Waals surface area contributed by atoms with Crippen LogP contribution in [0.3, 0.4) is 0 Å². The SMILES string of the molecule is CCOc1ccc(-n2nnnc2S[C@@H](C)C(=O)N2C[C@@H]3C[C@H](C2)c2cccc(=O)n2C3)cc1. The Morgan fingerprint density at radius 1 is 1.18 bits per heavy atom. The summed E-state index contributed by atoms with van der Waals surface area (Å²) >= 11 is 1.35. The fourth-order valence-corrected chi connectivity index (χ4v) is 5.70. The zero-order valence-electron chi connectivity index (χ0n) is 18.6. The van der Waals surface area contributed by atoms with Gasteiger partial charge in [0, 0.05) is 37.3 Å². The Morgan fingerprint density at radius 2 is 2.00 bits per heavy atom. The fraction of sp³-hybridized carbons (Fsp3) is 0.435. The van der Waals surface area contributed by atoms with Crippen LogP contribution in [0.1, 0.15) is 31.9 Å². The minimum atomic E-state index is -0.339. The number of hydrogen-bond acceptors (Lipinski definition) is 7. The lowest BCUT2D eigenvalue weighted by molar-refractivity contribution is -0.133. The van der Waals surface area contributed by atoms with E-state index in [0.29, 0.717) is 37.3 Å². The Hall–Kier alpha value is -3.14. The van der Waals surface area contributed by atoms with Crippen LogP contribution in [0.2, 0.25) is 0 Å². The van der Waals surface area contributed by atoms with Gasteiger partial charge in [-0.3, -0.25) is 9.59 Å². The number of rotatable bonds is 6. The Labute approximate surface area is 195 Å². The molecular formula is C23H26N6O3S. The number of pyridine rings is 1. The first-order chi connectivity index (χ1) is 16.0. The third-order valence-electron chi connectivity index (χ3n) is 6.25. The van der Waals surface area contributed by atoms with Gasteiger partial charge in [0.05, 0.1) is 17.5 Å². The summed E-state index contributed by atoms with van der Waals surface area (Å²) in [7, 11) is 0. The lowest BCUT2D eigenvalue weighted by Crippen LogP contribution is -2.50. The van der Waals surface area contributed by atoms with E-state index in [1.807, 2.05) is 59.7 Å². The van der Waals surface area contributed by atoms with Gasteiger partial charge in [0.15, 0.2) is 0 Å². The van der Waals surface area contributed by atoms with E-state index < -0.39 is 0 Å². The summed E-state index contributed by atoms with van der Waals surface area (Å²) in [5, 5.41) is 12.3. The lowest BCUT2D eigenvalue weighted by Gasteiger charge is -2.43. The molecule has 33 heavy (non-hydrogen) atoms. The quantitative estimate of drug-likeness (QED) is 0.515. The molecule has 1 aromatic carbocycles. The maximum Gasteiger partial charge on any atom is 0.250 e. The van der Waals surface area contributed by atoms with Crippen molar-refractivity contribution in [3.05, 3.63) is 58.5 Å². The molecule has 3 aromatic rings. The van der Waals surface area contributed by atoms with Gasteiger partial charge in [-0.2, -0.15) is 4.68 Å². The van der Waals surface area contributed by atoms with Crippen LogP contribution in [0.15, 0.2) is 52.4 Å². The van der Waals surface area contributed by atoms with E-state index in [1.54, 1.807) is 10.7 Å². The Kier molecular flexibility index (Phi) is 5.92. The third kappa shape index (κ3) is 4.27. The van der Waals surface area contributed by atoms with E-state index in [-0.39, 0.29) is 22.6 Å². The van der Waals surface area contributed by atoms with Crippen LogP contribution >= 0.6 is 11.8 Å². The molecule has 5 rings (SSSR count). The molecule has 0 N–H and O–H groups in total. The van der Waals surface area contributed by atoms with Crippen molar-refractivity contribution in [3.8, 4) is 11.4 Å². The van der Waals surface area contributed by atoms with Crippen LogP contribution < -0.4 is 10.3 Å². The van der Waals surface area contributed by atoms with Gasteiger partial charge in [0.2, 0.25) is 11.1 Å². The third-order valence-corrected chi connectivity index (χ3v) is 7.28. The molecule has 2 aliphatic heterocycles. The van der Waals surface area contributed by atoms with E-state index in [4.69, 9.17) is 4.74 Å². The minimum absolute atomic E-state index is 0.0482. The predicted octanol–water partition coefficient (Wildman–Crippen LogP) is 2.35. The first kappa shape index (κ1) is 21.7. The van der Waals surface area contributed by atoms with Gasteiger partial charge in [0.25, 0.3) is 5.56 Å². The summed E-state index contributed by atoms with van der Waals surface area (Å²) in [6, 6.07) is 13.0. The summed E-state index contributed by atoms with van der Waals surface area (Å²) in [5.41, 5.74) is 1.89. The molecule has 3 atom stereocenters. The van der Waals surface area contributed by atoms with Crippen LogP contribution in [-0.4, -0.2) is 60.5 Å². The molecule has 172 valence electrons. The molecule has 4 heterocycles. The molecule has 0 radical (unpaired) electrons. The van der Waals surface area contributed by atoms with Crippen molar-refractivity contribution in [1.82, 2.24) is 29.7 Å². The number of carbonyl (C=O) groups excluding carboxylic acids is 1. The van der Waals surface area contributed by atoms with Crippen molar-refractivity contribution in [3.63, 3.8) is 0 Å². The number of piperidine rings is 1. The highest BCUT2D eigenvalue weighted by Crippen LogP contribution is 2.36. The Bertz CT molecular complexity index is 1210. The smallest absolute Gasteiger partial charge is 0.250 e. The molecule has 10 heteroatoms. The standard InChI is InChI=1S/C23H26N6O3S/c1-3-32-19-9-7-18(8-10-19)29-23(24-25-26-29)33-15(2)22(31)27-12-16-11-17(14-27)20-5-4-6-21(30)28(20)13-16/h4-10,15-17H,3,11-14H2,1-2H3/t15-,16-,17+/m0/s1. The first-order valence-corrected chi connectivity index (χ1v) is 12.1. The molecule has 2 aromatic heterocycles. The average molecular weight is 467 g/mol. The highest BCUT2D eigenvalue weighted by atomic mass is 32.2. The summed E-state index contributed by atoms with van der Waals surface area (Å²) in [6.45, 7) is 6.42. The second-order valence-electron chi connectivity index (χ2n) is 8.50. The molecule has 0 saturated carbocycles. The fourth-order valence-electron chi connectivity index (χ4n) is 4.81. The van der Waals surface area contributed by atoms with Crippen LogP contribution in [0.4, 0.5) is 0 Å². The molecule has 0 spiro atoms. The molecule has 0 unspecified atom stereocenters. The molecule has 1 fully saturated rings. The van der Waals surface area contributed by atoms with Gasteiger partial charge in [-0.15, -0.1) is 5.10 Å². The lowest BCUT2D eigenvalue weighted by atomic mass is 9.83. The number of hydrogen-bond donors (Lipinski definition) is 0. The van der Waals surface area contributed by atoms with Crippen molar-refractivity contribution in [2.45, 2.75) is 43.1 Å². The molecule has 1 amide bonds. The molecule has 0 aliphatic carbocycles. The summed E-state index contributed by atoms with van der Waals surface area (Å²) in [4.78, 5) is 27.5. The van der Waals surface area contributed by atoms with Gasteiger partial charge >= 0.3 is 0 Å². The highest BCUT2D eigenvalue weighted by Gasteiger charge is 2.37. The second-order valence-corrected chi connectivity index (χ2v) is 9.81. The first-order valence-electron chi connectivity index (χ1n) is 11.2. The van der Waals surface area contributed by atoms with Crippen LogP contribution in [0.25, 0.3) is 5.69 Å². The molecule has 2 bridgehead atoms. The molecule has 2 aliphatic rings. The van der Waals surface area contributed by atoms with Crippen molar-refractivity contribution in [2.24, 2.45) is 5.92 Å². The summed E-state index contributed by atoms with van der Waals surface area (Å²) < 4.78 is 9.01. The zero-order chi connectivity index (χ0) is 22.9. The van der Waals surface area contributed by atoms with Crippen molar-refractivity contribution in [1.29, 1.82) is 0 Å². The van der Waals surface area contributed by atoms with E-state index >= 15 is 0 Å². The van der Waals surface area contributed by atoms with E-state index in [2.05, 4.69) is 15.5 Å². The summed E-state index contributed by atoms with van der Waals surface area (Å²) in [5.74, 6) is 1.35. The normalized spacial score (nSPS) is 20.2. The number of amides is 1. The molecular weight excluding hydrogens is 440 g/mol. The number of fused-ring (bicyclic) bond motifs is 4. The summed E-state index contributed by atoms with van der Waals surface area (Å²) in [6.07, 6.45) is 1.02. The molecule has 1 saturated heterocycles. The van der Waals surface area contributed by atoms with E-state index in [0.717, 1.165) is 23.6 Å². The maximum atomic E-state index is 13.3. The number of nitrogens with zero attached hydrogens (tertiary/aromatic N) is 6. The topological polar surface area (TPSA) is 95.1 Å². The number of thioether (sulfide) groups is 1. The average Bonchev–Trinajstić information content (AvgIpc) is 3.28. The Balaban J connectivity index is 1.29.